The summed E-state index contributed by atoms with van der Waals surface area (Å²) in [5.41, 5.74) is 0.779. The van der Waals surface area contributed by atoms with Crippen molar-refractivity contribution in [1.82, 2.24) is 4.72 Å². The summed E-state index contributed by atoms with van der Waals surface area (Å²) in [7, 11) is -11.1. The Balaban J connectivity index is 2.09. The van der Waals surface area contributed by atoms with E-state index in [0.717, 1.165) is 6.26 Å². The third kappa shape index (κ3) is 5.78. The maximum Gasteiger partial charge on any atom is 0.240 e. The van der Waals surface area contributed by atoms with E-state index in [1.165, 1.54) is 48.5 Å². The first kappa shape index (κ1) is 20.3. The van der Waals surface area contributed by atoms with Gasteiger partial charge in [-0.05, 0) is 42.0 Å². The van der Waals surface area contributed by atoms with Gasteiger partial charge in [0.1, 0.15) is 0 Å². The first-order valence-corrected chi connectivity index (χ1v) is 12.0. The van der Waals surface area contributed by atoms with Crippen LogP contribution >= 0.6 is 0 Å². The lowest BCUT2D eigenvalue weighted by molar-refractivity contribution is 0.581. The second-order valence-electron chi connectivity index (χ2n) is 5.41. The molecule has 0 radical (unpaired) electrons. The van der Waals surface area contributed by atoms with Gasteiger partial charge in [0.25, 0.3) is 0 Å². The predicted octanol–water partition coefficient (Wildman–Crippen LogP) is 0.184. The van der Waals surface area contributed by atoms with Gasteiger partial charge in [-0.3, -0.25) is 4.72 Å². The largest absolute Gasteiger partial charge is 0.284 e. The summed E-state index contributed by atoms with van der Waals surface area (Å²) >= 11 is 0. The van der Waals surface area contributed by atoms with Crippen molar-refractivity contribution >= 4 is 35.8 Å². The maximum absolute atomic E-state index is 12.3. The fourth-order valence-corrected chi connectivity index (χ4v) is 4.07. The van der Waals surface area contributed by atoms with Gasteiger partial charge in [0.15, 0.2) is 0 Å². The minimum atomic E-state index is -3.83. The van der Waals surface area contributed by atoms with Gasteiger partial charge >= 0.3 is 0 Å². The van der Waals surface area contributed by atoms with Crippen molar-refractivity contribution in [2.75, 3.05) is 11.0 Å². The smallest absolute Gasteiger partial charge is 0.240 e. The van der Waals surface area contributed by atoms with Gasteiger partial charge in [-0.1, -0.05) is 12.1 Å². The molecule has 0 aliphatic carbocycles. The molecule has 0 heterocycles. The SMILES string of the molecule is CS(=O)(=O)Nc1ccc(S(=O)(=O)NCc2ccc(S(N)(=O)=O)cc2)cc1. The zero-order chi connectivity index (χ0) is 19.6. The Morgan fingerprint density at radius 2 is 1.31 bits per heavy atom. The van der Waals surface area contributed by atoms with Crippen LogP contribution < -0.4 is 14.6 Å². The number of hydrogen-bond donors (Lipinski definition) is 3. The quantitative estimate of drug-likeness (QED) is 0.582. The number of nitrogens with one attached hydrogen (secondary N) is 2. The molecule has 0 bridgehead atoms. The van der Waals surface area contributed by atoms with Crippen LogP contribution in [0.5, 0.6) is 0 Å². The van der Waals surface area contributed by atoms with Crippen molar-refractivity contribution in [3.63, 3.8) is 0 Å². The van der Waals surface area contributed by atoms with E-state index in [1.54, 1.807) is 0 Å². The second kappa shape index (κ2) is 7.32. The Hall–Kier alpha value is -1.99. The molecule has 0 spiro atoms. The minimum Gasteiger partial charge on any atom is -0.284 e. The van der Waals surface area contributed by atoms with E-state index < -0.39 is 30.1 Å². The zero-order valence-corrected chi connectivity index (χ0v) is 16.0. The van der Waals surface area contributed by atoms with E-state index >= 15 is 0 Å². The average Bonchev–Trinajstić information content (AvgIpc) is 2.51. The number of anilines is 1. The summed E-state index contributed by atoms with van der Waals surface area (Å²) in [6, 6.07) is 10.6. The highest BCUT2D eigenvalue weighted by molar-refractivity contribution is 7.92. The van der Waals surface area contributed by atoms with Crippen LogP contribution in [0.2, 0.25) is 0 Å². The van der Waals surface area contributed by atoms with Crippen molar-refractivity contribution in [2.45, 2.75) is 16.3 Å². The third-order valence-electron chi connectivity index (χ3n) is 3.19. The molecule has 0 aliphatic heterocycles. The van der Waals surface area contributed by atoms with Crippen LogP contribution in [0.4, 0.5) is 5.69 Å². The highest BCUT2D eigenvalue weighted by Crippen LogP contribution is 2.15. The lowest BCUT2D eigenvalue weighted by Gasteiger charge is -2.09. The normalized spacial score (nSPS) is 12.7. The Kier molecular flexibility index (Phi) is 5.73. The van der Waals surface area contributed by atoms with Crippen molar-refractivity contribution in [2.24, 2.45) is 5.14 Å². The van der Waals surface area contributed by atoms with Crippen molar-refractivity contribution in [1.29, 1.82) is 0 Å². The molecule has 2 aromatic carbocycles. The highest BCUT2D eigenvalue weighted by Gasteiger charge is 2.14. The summed E-state index contributed by atoms with van der Waals surface area (Å²) in [4.78, 5) is -0.115. The lowest BCUT2D eigenvalue weighted by atomic mass is 10.2. The van der Waals surface area contributed by atoms with Gasteiger partial charge in [0, 0.05) is 12.2 Å². The number of rotatable bonds is 7. The molecule has 0 saturated heterocycles. The fraction of sp³-hybridized carbons (Fsp3) is 0.143. The van der Waals surface area contributed by atoms with Crippen LogP contribution in [-0.2, 0) is 36.6 Å². The number of primary sulfonamides is 1. The summed E-state index contributed by atoms with van der Waals surface area (Å²) in [6.45, 7) is -0.0590. The van der Waals surface area contributed by atoms with Crippen LogP contribution in [0.15, 0.2) is 58.3 Å². The van der Waals surface area contributed by atoms with E-state index in [1.807, 2.05) is 0 Å². The van der Waals surface area contributed by atoms with Crippen LogP contribution in [0.1, 0.15) is 5.56 Å². The van der Waals surface area contributed by atoms with E-state index in [-0.39, 0.29) is 22.0 Å². The summed E-state index contributed by atoms with van der Waals surface area (Å²) in [5.74, 6) is 0. The summed E-state index contributed by atoms with van der Waals surface area (Å²) in [6.07, 6.45) is 0.986. The molecule has 0 fully saturated rings. The van der Waals surface area contributed by atoms with E-state index in [2.05, 4.69) is 9.44 Å². The molecule has 0 atom stereocenters. The third-order valence-corrected chi connectivity index (χ3v) is 6.14. The molecule has 2 rings (SSSR count). The van der Waals surface area contributed by atoms with Crippen LogP contribution in [0, 0.1) is 0 Å². The average molecular weight is 420 g/mol. The molecule has 142 valence electrons. The van der Waals surface area contributed by atoms with Gasteiger partial charge in [0.2, 0.25) is 30.1 Å². The van der Waals surface area contributed by atoms with Crippen molar-refractivity contribution in [3.05, 3.63) is 54.1 Å². The molecule has 4 N–H and O–H groups in total. The number of hydrogen-bond acceptors (Lipinski definition) is 6. The van der Waals surface area contributed by atoms with Crippen molar-refractivity contribution < 1.29 is 25.3 Å². The zero-order valence-electron chi connectivity index (χ0n) is 13.6. The molecule has 0 aliphatic rings. The molecule has 12 heteroatoms. The van der Waals surface area contributed by atoms with E-state index in [0.29, 0.717) is 5.56 Å². The Labute approximate surface area is 152 Å². The van der Waals surface area contributed by atoms with Crippen molar-refractivity contribution in [3.8, 4) is 0 Å². The second-order valence-corrected chi connectivity index (χ2v) is 10.5. The van der Waals surface area contributed by atoms with E-state index in [4.69, 9.17) is 5.14 Å². The number of sulfonamides is 3. The summed E-state index contributed by atoms with van der Waals surface area (Å²) in [5, 5.41) is 4.99. The first-order chi connectivity index (χ1) is 11.9. The molecule has 26 heavy (non-hydrogen) atoms. The Bertz CT molecular complexity index is 1090. The topological polar surface area (TPSA) is 152 Å². The standard InChI is InChI=1S/C14H17N3O6S3/c1-24(18,19)17-12-4-8-14(9-5-12)26(22,23)16-10-11-2-6-13(7-3-11)25(15,20)21/h2-9,16-17H,10H2,1H3,(H2,15,20,21). The summed E-state index contributed by atoms with van der Waals surface area (Å²) < 4.78 is 73.8. The molecule has 9 nitrogen and oxygen atoms in total. The molecule has 0 aromatic heterocycles. The maximum atomic E-state index is 12.3. The molecule has 2 aromatic rings. The molecule has 0 saturated carbocycles. The van der Waals surface area contributed by atoms with Crippen LogP contribution in [0.25, 0.3) is 0 Å². The Morgan fingerprint density at radius 3 is 1.77 bits per heavy atom. The minimum absolute atomic E-state index is 0.0438. The monoisotopic (exact) mass is 419 g/mol. The van der Waals surface area contributed by atoms with Crippen LogP contribution in [-0.4, -0.2) is 31.5 Å². The number of benzene rings is 2. The van der Waals surface area contributed by atoms with Gasteiger partial charge in [-0.25, -0.2) is 35.1 Å². The van der Waals surface area contributed by atoms with Gasteiger partial charge in [-0.2, -0.15) is 0 Å². The van der Waals surface area contributed by atoms with E-state index in [9.17, 15) is 25.3 Å². The molecule has 0 amide bonds. The fourth-order valence-electron chi connectivity index (χ4n) is 1.97. The molecule has 0 unspecified atom stereocenters. The lowest BCUT2D eigenvalue weighted by Crippen LogP contribution is -2.23. The van der Waals surface area contributed by atoms with Gasteiger partial charge in [0.05, 0.1) is 16.0 Å². The first-order valence-electron chi connectivity index (χ1n) is 7.06. The molecular formula is C14H17N3O6S3. The highest BCUT2D eigenvalue weighted by atomic mass is 32.2. The van der Waals surface area contributed by atoms with Gasteiger partial charge < -0.3 is 0 Å². The molecular weight excluding hydrogens is 402 g/mol. The van der Waals surface area contributed by atoms with Gasteiger partial charge in [-0.15, -0.1) is 0 Å². The van der Waals surface area contributed by atoms with Crippen LogP contribution in [0.3, 0.4) is 0 Å². The predicted molar refractivity (Wildman–Crippen MR) is 96.7 cm³/mol. The Morgan fingerprint density at radius 1 is 0.808 bits per heavy atom. The number of nitrogens with two attached hydrogens (primary N) is 1.